The number of fused-ring (bicyclic) bond motifs is 1. The van der Waals surface area contributed by atoms with E-state index in [0.29, 0.717) is 0 Å². The summed E-state index contributed by atoms with van der Waals surface area (Å²) in [4.78, 5) is 22.1. The van der Waals surface area contributed by atoms with Crippen LogP contribution in [0.25, 0.3) is 20.9 Å². The first-order valence-corrected chi connectivity index (χ1v) is 8.76. The van der Waals surface area contributed by atoms with E-state index in [1.54, 1.807) is 33.7 Å². The summed E-state index contributed by atoms with van der Waals surface area (Å²) in [6, 6.07) is 11.7. The lowest BCUT2D eigenvalue weighted by Crippen LogP contribution is -2.23. The Morgan fingerprint density at radius 2 is 2.09 bits per heavy atom. The van der Waals surface area contributed by atoms with Crippen molar-refractivity contribution in [2.24, 2.45) is 0 Å². The van der Waals surface area contributed by atoms with Crippen molar-refractivity contribution in [1.29, 1.82) is 0 Å². The maximum absolute atomic E-state index is 12.2. The summed E-state index contributed by atoms with van der Waals surface area (Å²) in [5, 5.41) is 4.91. The Morgan fingerprint density at radius 3 is 2.96 bits per heavy atom. The number of nitrogens with zero attached hydrogens (tertiary/aromatic N) is 3. The molecule has 0 aliphatic rings. The van der Waals surface area contributed by atoms with E-state index in [1.807, 2.05) is 47.2 Å². The zero-order chi connectivity index (χ0) is 15.6. The van der Waals surface area contributed by atoms with Gasteiger partial charge in [0.05, 0.1) is 28.0 Å². The van der Waals surface area contributed by atoms with Crippen LogP contribution in [-0.4, -0.2) is 20.6 Å². The summed E-state index contributed by atoms with van der Waals surface area (Å²) < 4.78 is 1.64. The van der Waals surface area contributed by atoms with Crippen LogP contribution in [0.4, 0.5) is 0 Å². The first-order valence-electron chi connectivity index (χ1n) is 7.00. The van der Waals surface area contributed by atoms with Crippen molar-refractivity contribution in [3.63, 3.8) is 0 Å². The van der Waals surface area contributed by atoms with Gasteiger partial charge in [-0.1, -0.05) is 18.2 Å². The summed E-state index contributed by atoms with van der Waals surface area (Å²) in [6.07, 6.45) is 1.86. The van der Waals surface area contributed by atoms with Crippen LogP contribution in [0.3, 0.4) is 0 Å². The number of thiazole rings is 1. The summed E-state index contributed by atoms with van der Waals surface area (Å²) in [5.41, 5.74) is 5.34. The Morgan fingerprint density at radius 1 is 1.17 bits per heavy atom. The van der Waals surface area contributed by atoms with E-state index in [2.05, 4.69) is 15.4 Å². The smallest absolute Gasteiger partial charge is 0.244 e. The maximum Gasteiger partial charge on any atom is 0.244 e. The van der Waals surface area contributed by atoms with E-state index in [4.69, 9.17) is 0 Å². The predicted molar refractivity (Wildman–Crippen MR) is 93.2 cm³/mol. The Hall–Kier alpha value is -2.51. The Labute approximate surface area is 140 Å². The maximum atomic E-state index is 12.2. The van der Waals surface area contributed by atoms with E-state index in [9.17, 15) is 4.79 Å². The summed E-state index contributed by atoms with van der Waals surface area (Å²) in [7, 11) is 0. The average molecular weight is 340 g/mol. The van der Waals surface area contributed by atoms with Gasteiger partial charge in [-0.2, -0.15) is 0 Å². The molecule has 0 bridgehead atoms. The fourth-order valence-corrected chi connectivity index (χ4v) is 3.92. The Kier molecular flexibility index (Phi) is 3.64. The third-order valence-corrected chi connectivity index (χ3v) is 5.25. The zero-order valence-electron chi connectivity index (χ0n) is 12.0. The topological polar surface area (TPSA) is 59.8 Å². The van der Waals surface area contributed by atoms with Gasteiger partial charge in [0.1, 0.15) is 11.3 Å². The Bertz CT molecular complexity index is 955. The number of para-hydroxylation sites is 2. The molecule has 7 heteroatoms. The second-order valence-corrected chi connectivity index (χ2v) is 6.74. The minimum Gasteiger partial charge on any atom is -0.273 e. The lowest BCUT2D eigenvalue weighted by molar-refractivity contribution is -0.116. The predicted octanol–water partition coefficient (Wildman–Crippen LogP) is 3.53. The molecule has 0 aliphatic heterocycles. The molecule has 0 spiro atoms. The van der Waals surface area contributed by atoms with Crippen molar-refractivity contribution in [3.8, 4) is 9.88 Å². The molecule has 5 nitrogen and oxygen atoms in total. The quantitative estimate of drug-likeness (QED) is 0.618. The summed E-state index contributed by atoms with van der Waals surface area (Å²) in [5.74, 6) is -0.115. The van der Waals surface area contributed by atoms with Crippen LogP contribution in [-0.2, 0) is 11.2 Å². The summed E-state index contributed by atoms with van der Waals surface area (Å²) >= 11 is 3.21. The molecule has 0 saturated heterocycles. The summed E-state index contributed by atoms with van der Waals surface area (Å²) in [6.45, 7) is 0. The number of imidazole rings is 1. The number of hydrogen-bond donors (Lipinski definition) is 1. The van der Waals surface area contributed by atoms with Gasteiger partial charge in [-0.3, -0.25) is 10.2 Å². The van der Waals surface area contributed by atoms with E-state index in [0.717, 1.165) is 26.6 Å². The fourth-order valence-electron chi connectivity index (χ4n) is 2.29. The highest BCUT2D eigenvalue weighted by Gasteiger charge is 2.11. The number of carbonyl (C=O) groups is 1. The number of thiophene rings is 1. The van der Waals surface area contributed by atoms with Crippen LogP contribution < -0.4 is 5.43 Å². The third-order valence-electron chi connectivity index (χ3n) is 3.32. The lowest BCUT2D eigenvalue weighted by atomic mass is 10.3. The zero-order valence-corrected chi connectivity index (χ0v) is 13.6. The van der Waals surface area contributed by atoms with Crippen LogP contribution in [0.15, 0.2) is 53.5 Å². The first kappa shape index (κ1) is 14.1. The van der Waals surface area contributed by atoms with Gasteiger partial charge in [0.2, 0.25) is 5.91 Å². The molecular weight excluding hydrogens is 328 g/mol. The van der Waals surface area contributed by atoms with Gasteiger partial charge in [-0.15, -0.1) is 22.7 Å². The Balaban J connectivity index is 1.48. The minimum absolute atomic E-state index is 0.115. The number of carbonyl (C=O) groups excluding carboxylic acids is 1. The molecule has 3 aromatic heterocycles. The number of rotatable bonds is 4. The molecular formula is C16H12N4OS2. The van der Waals surface area contributed by atoms with E-state index in [1.165, 1.54) is 0 Å². The number of amides is 1. The average Bonchev–Trinajstić information content (AvgIpc) is 3.27. The SMILES string of the molecule is O=C(Cc1csc(-c2cccs2)n1)Nn1cnc2ccccc21. The standard InChI is InChI=1S/C16H12N4OS2/c21-15(19-20-10-17-12-4-1-2-5-13(12)20)8-11-9-23-16(18-11)14-6-3-7-22-14/h1-7,9-10H,8H2,(H,19,21). The van der Waals surface area contributed by atoms with Crippen LogP contribution in [0.5, 0.6) is 0 Å². The largest absolute Gasteiger partial charge is 0.273 e. The third kappa shape index (κ3) is 2.88. The van der Waals surface area contributed by atoms with Gasteiger partial charge in [-0.05, 0) is 23.6 Å². The molecule has 23 heavy (non-hydrogen) atoms. The normalized spacial score (nSPS) is 11.0. The molecule has 0 radical (unpaired) electrons. The number of benzene rings is 1. The van der Waals surface area contributed by atoms with Crippen LogP contribution in [0.2, 0.25) is 0 Å². The highest BCUT2D eigenvalue weighted by Crippen LogP contribution is 2.27. The lowest BCUT2D eigenvalue weighted by Gasteiger charge is -2.05. The van der Waals surface area contributed by atoms with Crippen molar-refractivity contribution in [3.05, 3.63) is 59.2 Å². The van der Waals surface area contributed by atoms with Crippen LogP contribution in [0.1, 0.15) is 5.69 Å². The van der Waals surface area contributed by atoms with Crippen molar-refractivity contribution >= 4 is 39.6 Å². The minimum atomic E-state index is -0.115. The molecule has 0 saturated carbocycles. The van der Waals surface area contributed by atoms with Gasteiger partial charge in [0, 0.05) is 5.38 Å². The molecule has 0 aliphatic carbocycles. The first-order chi connectivity index (χ1) is 11.3. The highest BCUT2D eigenvalue weighted by atomic mass is 32.1. The number of hydrogen-bond acceptors (Lipinski definition) is 5. The van der Waals surface area contributed by atoms with Gasteiger partial charge in [-0.25, -0.2) is 14.6 Å². The van der Waals surface area contributed by atoms with Gasteiger partial charge in [0.25, 0.3) is 0 Å². The van der Waals surface area contributed by atoms with Crippen molar-refractivity contribution in [2.45, 2.75) is 6.42 Å². The van der Waals surface area contributed by atoms with Crippen molar-refractivity contribution < 1.29 is 4.79 Å². The number of aromatic nitrogens is 3. The molecule has 1 amide bonds. The molecule has 4 aromatic rings. The molecule has 0 unspecified atom stereocenters. The van der Waals surface area contributed by atoms with E-state index < -0.39 is 0 Å². The van der Waals surface area contributed by atoms with E-state index in [-0.39, 0.29) is 12.3 Å². The second-order valence-electron chi connectivity index (χ2n) is 4.94. The molecule has 0 fully saturated rings. The number of nitrogens with one attached hydrogen (secondary N) is 1. The highest BCUT2D eigenvalue weighted by molar-refractivity contribution is 7.20. The van der Waals surface area contributed by atoms with E-state index >= 15 is 0 Å². The molecule has 1 aromatic carbocycles. The van der Waals surface area contributed by atoms with Gasteiger partial charge >= 0.3 is 0 Å². The molecule has 3 heterocycles. The van der Waals surface area contributed by atoms with Gasteiger partial charge < -0.3 is 0 Å². The van der Waals surface area contributed by atoms with Crippen LogP contribution >= 0.6 is 22.7 Å². The molecule has 0 atom stereocenters. The second kappa shape index (κ2) is 5.94. The molecule has 114 valence electrons. The van der Waals surface area contributed by atoms with Crippen molar-refractivity contribution in [2.75, 3.05) is 5.43 Å². The fraction of sp³-hybridized carbons (Fsp3) is 0.0625. The molecule has 4 rings (SSSR count). The van der Waals surface area contributed by atoms with Gasteiger partial charge in [0.15, 0.2) is 0 Å². The van der Waals surface area contributed by atoms with Crippen molar-refractivity contribution in [1.82, 2.24) is 14.6 Å². The van der Waals surface area contributed by atoms with Crippen LogP contribution in [0, 0.1) is 0 Å². The molecule has 1 N–H and O–H groups in total. The monoisotopic (exact) mass is 340 g/mol.